The highest BCUT2D eigenvalue weighted by atomic mass is 16.3. The van der Waals surface area contributed by atoms with E-state index in [2.05, 4.69) is 9.89 Å². The molecule has 1 aliphatic heterocycles. The van der Waals surface area contributed by atoms with Gasteiger partial charge in [0.25, 0.3) is 0 Å². The molecule has 1 aromatic carbocycles. The van der Waals surface area contributed by atoms with Gasteiger partial charge in [0, 0.05) is 25.7 Å². The van der Waals surface area contributed by atoms with Gasteiger partial charge in [0.05, 0.1) is 12.6 Å². The summed E-state index contributed by atoms with van der Waals surface area (Å²) < 4.78 is 0. The average Bonchev–Trinajstić information content (AvgIpc) is 2.75. The fraction of sp³-hybridized carbons (Fsp3) is 0.417. The number of aliphatic hydroxyl groups is 1. The minimum Gasteiger partial charge on any atom is -0.387 e. The third kappa shape index (κ3) is 2.08. The van der Waals surface area contributed by atoms with E-state index in [1.165, 1.54) is 0 Å². The average molecular weight is 219 g/mol. The third-order valence-corrected chi connectivity index (χ3v) is 2.84. The molecule has 0 amide bonds. The highest BCUT2D eigenvalue weighted by Gasteiger charge is 2.14. The van der Waals surface area contributed by atoms with Crippen LogP contribution in [0.4, 0.5) is 0 Å². The van der Waals surface area contributed by atoms with Crippen molar-refractivity contribution in [2.24, 2.45) is 10.7 Å². The molecule has 2 rings (SSSR count). The molecule has 0 aromatic heterocycles. The Morgan fingerprint density at radius 2 is 2.12 bits per heavy atom. The second-order valence-electron chi connectivity index (χ2n) is 4.00. The lowest BCUT2D eigenvalue weighted by Gasteiger charge is -2.14. The Morgan fingerprint density at radius 3 is 2.62 bits per heavy atom. The first-order valence-corrected chi connectivity index (χ1v) is 5.46. The number of aliphatic imine (C=N–C) groups is 1. The monoisotopic (exact) mass is 219 g/mol. The maximum Gasteiger partial charge on any atom is 0.130 e. The fourth-order valence-electron chi connectivity index (χ4n) is 1.83. The first kappa shape index (κ1) is 11.1. The normalized spacial score (nSPS) is 17.4. The summed E-state index contributed by atoms with van der Waals surface area (Å²) in [5.41, 5.74) is 7.35. The molecule has 0 saturated carbocycles. The molecular formula is C12H17N3O. The number of aliphatic hydroxyl groups excluding tert-OH is 1. The molecule has 1 heterocycles. The lowest BCUT2D eigenvalue weighted by Crippen LogP contribution is -2.23. The van der Waals surface area contributed by atoms with Crippen molar-refractivity contribution in [2.75, 3.05) is 26.7 Å². The van der Waals surface area contributed by atoms with Crippen LogP contribution in [0.25, 0.3) is 0 Å². The zero-order chi connectivity index (χ0) is 11.5. The van der Waals surface area contributed by atoms with Gasteiger partial charge in [0.2, 0.25) is 0 Å². The molecule has 1 aliphatic rings. The Morgan fingerprint density at radius 1 is 1.44 bits per heavy atom. The molecule has 0 saturated heterocycles. The van der Waals surface area contributed by atoms with Gasteiger partial charge in [-0.05, 0) is 5.56 Å². The molecular weight excluding hydrogens is 202 g/mol. The van der Waals surface area contributed by atoms with Crippen molar-refractivity contribution >= 4 is 5.84 Å². The van der Waals surface area contributed by atoms with Crippen molar-refractivity contribution in [3.8, 4) is 0 Å². The van der Waals surface area contributed by atoms with E-state index in [4.69, 9.17) is 5.73 Å². The summed E-state index contributed by atoms with van der Waals surface area (Å²) in [7, 11) is 2.04. The van der Waals surface area contributed by atoms with Crippen molar-refractivity contribution in [1.82, 2.24) is 4.90 Å². The van der Waals surface area contributed by atoms with Gasteiger partial charge in [-0.25, -0.2) is 0 Å². The Kier molecular flexibility index (Phi) is 3.22. The van der Waals surface area contributed by atoms with Crippen LogP contribution >= 0.6 is 0 Å². The quantitative estimate of drug-likeness (QED) is 0.772. The molecule has 0 bridgehead atoms. The number of nitrogens with two attached hydrogens (primary N) is 1. The first-order chi connectivity index (χ1) is 7.72. The predicted octanol–water partition coefficient (Wildman–Crippen LogP) is 0.371. The number of nitrogens with zero attached hydrogens (tertiary/aromatic N) is 2. The molecule has 16 heavy (non-hydrogen) atoms. The summed E-state index contributed by atoms with van der Waals surface area (Å²) in [6, 6.07) is 7.77. The van der Waals surface area contributed by atoms with E-state index in [1.807, 2.05) is 31.3 Å². The van der Waals surface area contributed by atoms with Gasteiger partial charge in [-0.1, -0.05) is 24.3 Å². The van der Waals surface area contributed by atoms with Crippen LogP contribution in [0.3, 0.4) is 0 Å². The molecule has 1 atom stereocenters. The zero-order valence-electron chi connectivity index (χ0n) is 9.43. The lowest BCUT2D eigenvalue weighted by molar-refractivity contribution is 0.187. The van der Waals surface area contributed by atoms with E-state index in [0.717, 1.165) is 30.1 Å². The standard InChI is InChI=1S/C12H17N3O/c1-15-7-6-14-12(15)10-4-2-9(3-5-10)11(16)8-13/h2-5,11,16H,6-8,13H2,1H3. The minimum absolute atomic E-state index is 0.250. The smallest absolute Gasteiger partial charge is 0.130 e. The maximum absolute atomic E-state index is 9.57. The van der Waals surface area contributed by atoms with Crippen LogP contribution in [0.2, 0.25) is 0 Å². The summed E-state index contributed by atoms with van der Waals surface area (Å²) in [4.78, 5) is 6.57. The Labute approximate surface area is 95.4 Å². The first-order valence-electron chi connectivity index (χ1n) is 5.46. The molecule has 0 aliphatic carbocycles. The van der Waals surface area contributed by atoms with Crippen LogP contribution in [0.15, 0.2) is 29.3 Å². The van der Waals surface area contributed by atoms with Crippen LogP contribution in [0.1, 0.15) is 17.2 Å². The van der Waals surface area contributed by atoms with Gasteiger partial charge in [0.15, 0.2) is 0 Å². The van der Waals surface area contributed by atoms with Crippen molar-refractivity contribution < 1.29 is 5.11 Å². The van der Waals surface area contributed by atoms with Crippen LogP contribution in [-0.4, -0.2) is 42.5 Å². The Bertz CT molecular complexity index is 386. The Hall–Kier alpha value is -1.39. The van der Waals surface area contributed by atoms with E-state index in [0.29, 0.717) is 0 Å². The van der Waals surface area contributed by atoms with Crippen molar-refractivity contribution in [3.05, 3.63) is 35.4 Å². The predicted molar refractivity (Wildman–Crippen MR) is 64.5 cm³/mol. The second-order valence-corrected chi connectivity index (χ2v) is 4.00. The van der Waals surface area contributed by atoms with Crippen LogP contribution < -0.4 is 5.73 Å². The second kappa shape index (κ2) is 4.63. The SMILES string of the molecule is CN1CCN=C1c1ccc(C(O)CN)cc1. The number of amidine groups is 1. The van der Waals surface area contributed by atoms with Gasteiger partial charge in [-0.15, -0.1) is 0 Å². The molecule has 3 N–H and O–H groups in total. The Balaban J connectivity index is 2.19. The van der Waals surface area contributed by atoms with Gasteiger partial charge in [0.1, 0.15) is 5.84 Å². The van der Waals surface area contributed by atoms with E-state index >= 15 is 0 Å². The molecule has 4 heteroatoms. The van der Waals surface area contributed by atoms with E-state index in [1.54, 1.807) is 0 Å². The van der Waals surface area contributed by atoms with Crippen molar-refractivity contribution in [2.45, 2.75) is 6.10 Å². The molecule has 0 fully saturated rings. The third-order valence-electron chi connectivity index (χ3n) is 2.84. The highest BCUT2D eigenvalue weighted by Crippen LogP contribution is 2.15. The topological polar surface area (TPSA) is 61.8 Å². The molecule has 0 radical (unpaired) electrons. The van der Waals surface area contributed by atoms with E-state index in [-0.39, 0.29) is 6.54 Å². The fourth-order valence-corrected chi connectivity index (χ4v) is 1.83. The maximum atomic E-state index is 9.57. The lowest BCUT2D eigenvalue weighted by atomic mass is 10.1. The number of hydrogen-bond acceptors (Lipinski definition) is 4. The van der Waals surface area contributed by atoms with Crippen LogP contribution in [0.5, 0.6) is 0 Å². The highest BCUT2D eigenvalue weighted by molar-refractivity contribution is 5.99. The van der Waals surface area contributed by atoms with Gasteiger partial charge < -0.3 is 15.7 Å². The number of benzene rings is 1. The van der Waals surface area contributed by atoms with E-state index in [9.17, 15) is 5.11 Å². The molecule has 86 valence electrons. The molecule has 1 unspecified atom stereocenters. The zero-order valence-corrected chi connectivity index (χ0v) is 9.43. The molecule has 4 nitrogen and oxygen atoms in total. The van der Waals surface area contributed by atoms with E-state index < -0.39 is 6.10 Å². The minimum atomic E-state index is -0.572. The summed E-state index contributed by atoms with van der Waals surface area (Å²) in [5.74, 6) is 1.02. The number of rotatable bonds is 3. The van der Waals surface area contributed by atoms with Gasteiger partial charge in [-0.2, -0.15) is 0 Å². The summed E-state index contributed by atoms with van der Waals surface area (Å²) >= 11 is 0. The van der Waals surface area contributed by atoms with Gasteiger partial charge >= 0.3 is 0 Å². The largest absolute Gasteiger partial charge is 0.387 e. The number of hydrogen-bond donors (Lipinski definition) is 2. The molecule has 1 aromatic rings. The number of likely N-dealkylation sites (N-methyl/N-ethyl adjacent to an activating group) is 1. The summed E-state index contributed by atoms with van der Waals surface area (Å²) in [5, 5.41) is 9.57. The van der Waals surface area contributed by atoms with Crippen LogP contribution in [-0.2, 0) is 0 Å². The van der Waals surface area contributed by atoms with Crippen molar-refractivity contribution in [3.63, 3.8) is 0 Å². The summed E-state index contributed by atoms with van der Waals surface area (Å²) in [6.07, 6.45) is -0.572. The van der Waals surface area contributed by atoms with Crippen LogP contribution in [0, 0.1) is 0 Å². The molecule has 0 spiro atoms. The summed E-state index contributed by atoms with van der Waals surface area (Å²) in [6.45, 7) is 2.09. The van der Waals surface area contributed by atoms with Gasteiger partial charge in [-0.3, -0.25) is 4.99 Å². The van der Waals surface area contributed by atoms with Crippen molar-refractivity contribution in [1.29, 1.82) is 0 Å².